The molecule has 0 aliphatic rings. The second-order valence-electron chi connectivity index (χ2n) is 3.10. The van der Waals surface area contributed by atoms with Crippen molar-refractivity contribution in [1.29, 1.82) is 0 Å². The highest BCUT2D eigenvalue weighted by molar-refractivity contribution is 4.62. The van der Waals surface area contributed by atoms with Crippen LogP contribution in [0.4, 0.5) is 0 Å². The van der Waals surface area contributed by atoms with Crippen LogP contribution in [0.3, 0.4) is 0 Å². The summed E-state index contributed by atoms with van der Waals surface area (Å²) >= 11 is 0. The third-order valence-electron chi connectivity index (χ3n) is 2.31. The number of ether oxygens (including phenoxy) is 2. The van der Waals surface area contributed by atoms with Gasteiger partial charge in [-0.05, 0) is 20.4 Å². The van der Waals surface area contributed by atoms with E-state index < -0.39 is 0 Å². The van der Waals surface area contributed by atoms with Gasteiger partial charge in [0.2, 0.25) is 0 Å². The van der Waals surface area contributed by atoms with Gasteiger partial charge in [-0.2, -0.15) is 0 Å². The van der Waals surface area contributed by atoms with Crippen molar-refractivity contribution in [2.75, 3.05) is 27.8 Å². The summed E-state index contributed by atoms with van der Waals surface area (Å²) in [6.45, 7) is 5.19. The number of rotatable bonds is 6. The third kappa shape index (κ3) is 4.04. The van der Waals surface area contributed by atoms with E-state index in [1.54, 1.807) is 14.2 Å². The van der Waals surface area contributed by atoms with Crippen LogP contribution in [0.25, 0.3) is 0 Å². The van der Waals surface area contributed by atoms with Crippen LogP contribution >= 0.6 is 0 Å². The minimum Gasteiger partial charge on any atom is -0.355 e. The molecule has 0 N–H and O–H groups in total. The van der Waals surface area contributed by atoms with E-state index in [4.69, 9.17) is 9.47 Å². The van der Waals surface area contributed by atoms with Crippen LogP contribution in [0.5, 0.6) is 0 Å². The molecule has 0 spiro atoms. The second kappa shape index (κ2) is 6.40. The van der Waals surface area contributed by atoms with Crippen LogP contribution < -0.4 is 0 Å². The largest absolute Gasteiger partial charge is 0.355 e. The maximum Gasteiger partial charge on any atom is 0.169 e. The average molecular weight is 175 g/mol. The topological polar surface area (TPSA) is 21.7 Å². The molecule has 3 heteroatoms. The van der Waals surface area contributed by atoms with Crippen molar-refractivity contribution in [3.8, 4) is 0 Å². The number of nitrogens with zero attached hydrogens (tertiary/aromatic N) is 1. The molecule has 0 fully saturated rings. The van der Waals surface area contributed by atoms with Gasteiger partial charge < -0.3 is 9.47 Å². The van der Waals surface area contributed by atoms with E-state index in [-0.39, 0.29) is 6.29 Å². The lowest BCUT2D eigenvalue weighted by molar-refractivity contribution is -0.117. The molecule has 0 aromatic rings. The minimum atomic E-state index is -0.107. The third-order valence-corrected chi connectivity index (χ3v) is 2.31. The first kappa shape index (κ1) is 11.9. The van der Waals surface area contributed by atoms with Crippen molar-refractivity contribution in [1.82, 2.24) is 4.90 Å². The van der Waals surface area contributed by atoms with Crippen LogP contribution in [0, 0.1) is 0 Å². The minimum absolute atomic E-state index is 0.107. The summed E-state index contributed by atoms with van der Waals surface area (Å²) in [7, 11) is 5.41. The van der Waals surface area contributed by atoms with Crippen molar-refractivity contribution in [2.45, 2.75) is 32.6 Å². The van der Waals surface area contributed by atoms with Crippen LogP contribution in [-0.4, -0.2) is 45.0 Å². The summed E-state index contributed by atoms with van der Waals surface area (Å²) in [5.74, 6) is 0. The van der Waals surface area contributed by atoms with E-state index in [2.05, 4.69) is 25.8 Å². The number of hydrogen-bond acceptors (Lipinski definition) is 3. The fourth-order valence-electron chi connectivity index (χ4n) is 0.972. The predicted octanol–water partition coefficient (Wildman–Crippen LogP) is 1.34. The molecule has 0 rings (SSSR count). The summed E-state index contributed by atoms with van der Waals surface area (Å²) in [5, 5.41) is 0. The van der Waals surface area contributed by atoms with Gasteiger partial charge in [0.1, 0.15) is 0 Å². The van der Waals surface area contributed by atoms with Crippen LogP contribution in [-0.2, 0) is 9.47 Å². The summed E-state index contributed by atoms with van der Waals surface area (Å²) in [6, 6.07) is 0.581. The lowest BCUT2D eigenvalue weighted by Crippen LogP contribution is -2.37. The van der Waals surface area contributed by atoms with Crippen molar-refractivity contribution in [2.24, 2.45) is 0 Å². The van der Waals surface area contributed by atoms with Crippen molar-refractivity contribution in [3.05, 3.63) is 0 Å². The molecule has 1 unspecified atom stereocenters. The van der Waals surface area contributed by atoms with Crippen molar-refractivity contribution >= 4 is 0 Å². The normalized spacial score (nSPS) is 14.2. The fourth-order valence-corrected chi connectivity index (χ4v) is 0.972. The lowest BCUT2D eigenvalue weighted by atomic mass is 10.2. The monoisotopic (exact) mass is 175 g/mol. The highest BCUT2D eigenvalue weighted by Crippen LogP contribution is 2.02. The van der Waals surface area contributed by atoms with Gasteiger partial charge in [0.15, 0.2) is 6.29 Å². The zero-order chi connectivity index (χ0) is 9.56. The van der Waals surface area contributed by atoms with Crippen LogP contribution in [0.15, 0.2) is 0 Å². The zero-order valence-electron chi connectivity index (χ0n) is 8.83. The first-order valence-electron chi connectivity index (χ1n) is 4.41. The maximum atomic E-state index is 5.10. The van der Waals surface area contributed by atoms with E-state index in [1.807, 2.05) is 0 Å². The Labute approximate surface area is 75.6 Å². The molecule has 0 aliphatic carbocycles. The average Bonchev–Trinajstić information content (AvgIpc) is 2.12. The first-order valence-corrected chi connectivity index (χ1v) is 4.41. The summed E-state index contributed by atoms with van der Waals surface area (Å²) in [5.41, 5.74) is 0. The van der Waals surface area contributed by atoms with Crippen LogP contribution in [0.1, 0.15) is 20.3 Å². The highest BCUT2D eigenvalue weighted by Gasteiger charge is 2.12. The highest BCUT2D eigenvalue weighted by atomic mass is 16.7. The van der Waals surface area contributed by atoms with Crippen molar-refractivity contribution in [3.63, 3.8) is 0 Å². The van der Waals surface area contributed by atoms with Gasteiger partial charge in [-0.3, -0.25) is 4.90 Å². The Morgan fingerprint density at radius 3 is 2.08 bits per heavy atom. The number of methoxy groups -OCH3 is 2. The quantitative estimate of drug-likeness (QED) is 0.569. The Morgan fingerprint density at radius 2 is 1.75 bits per heavy atom. The zero-order valence-corrected chi connectivity index (χ0v) is 8.83. The fraction of sp³-hybridized carbons (Fsp3) is 1.00. The molecule has 1 atom stereocenters. The van der Waals surface area contributed by atoms with Gasteiger partial charge in [0.05, 0.1) is 0 Å². The molecule has 3 nitrogen and oxygen atoms in total. The summed E-state index contributed by atoms with van der Waals surface area (Å²) < 4.78 is 10.2. The molecule has 0 amide bonds. The number of likely N-dealkylation sites (N-methyl/N-ethyl adjacent to an activating group) is 1. The molecule has 12 heavy (non-hydrogen) atoms. The van der Waals surface area contributed by atoms with Gasteiger partial charge in [0.25, 0.3) is 0 Å². The molecule has 74 valence electrons. The van der Waals surface area contributed by atoms with Crippen molar-refractivity contribution < 1.29 is 9.47 Å². The molecule has 0 aromatic carbocycles. The molecule has 0 bridgehead atoms. The van der Waals surface area contributed by atoms with E-state index in [0.717, 1.165) is 13.0 Å². The van der Waals surface area contributed by atoms with E-state index in [0.29, 0.717) is 6.04 Å². The van der Waals surface area contributed by atoms with Gasteiger partial charge in [-0.25, -0.2) is 0 Å². The Morgan fingerprint density at radius 1 is 1.25 bits per heavy atom. The van der Waals surface area contributed by atoms with Gasteiger partial charge in [-0.1, -0.05) is 6.92 Å². The van der Waals surface area contributed by atoms with Gasteiger partial charge in [0, 0.05) is 26.8 Å². The van der Waals surface area contributed by atoms with Gasteiger partial charge >= 0.3 is 0 Å². The SMILES string of the molecule is CCC(C)N(C)CC(OC)OC. The predicted molar refractivity (Wildman–Crippen MR) is 50.2 cm³/mol. The summed E-state index contributed by atoms with van der Waals surface area (Å²) in [4.78, 5) is 2.23. The Hall–Kier alpha value is -0.120. The van der Waals surface area contributed by atoms with Gasteiger partial charge in [-0.15, -0.1) is 0 Å². The molecule has 0 radical (unpaired) electrons. The standard InChI is InChI=1S/C9H21NO2/c1-6-8(2)10(3)7-9(11-4)12-5/h8-9H,6-7H2,1-5H3. The molecular formula is C9H21NO2. The Balaban J connectivity index is 3.72. The summed E-state index contributed by atoms with van der Waals surface area (Å²) in [6.07, 6.45) is 1.04. The second-order valence-corrected chi connectivity index (χ2v) is 3.10. The molecule has 0 aromatic heterocycles. The maximum absolute atomic E-state index is 5.10. The van der Waals surface area contributed by atoms with Crippen LogP contribution in [0.2, 0.25) is 0 Å². The number of hydrogen-bond donors (Lipinski definition) is 0. The molecule has 0 heterocycles. The van der Waals surface area contributed by atoms with E-state index in [9.17, 15) is 0 Å². The molecule has 0 aliphatic heterocycles. The first-order chi connectivity index (χ1) is 5.65. The molecule has 0 saturated heterocycles. The smallest absolute Gasteiger partial charge is 0.169 e. The van der Waals surface area contributed by atoms with E-state index in [1.165, 1.54) is 0 Å². The Bertz CT molecular complexity index is 105. The molecular weight excluding hydrogens is 154 g/mol. The van der Waals surface area contributed by atoms with E-state index >= 15 is 0 Å². The molecule has 0 saturated carbocycles. The lowest BCUT2D eigenvalue weighted by Gasteiger charge is -2.26. The Kier molecular flexibility index (Phi) is 6.34.